The first kappa shape index (κ1) is 11.3. The van der Waals surface area contributed by atoms with E-state index in [0.717, 1.165) is 28.3 Å². The summed E-state index contributed by atoms with van der Waals surface area (Å²) in [5.74, 6) is 0.862. The summed E-state index contributed by atoms with van der Waals surface area (Å²) in [5, 5.41) is 3.77. The van der Waals surface area contributed by atoms with E-state index in [2.05, 4.69) is 15.3 Å². The number of rotatable bonds is 2. The number of nitrogens with zero attached hydrogens (tertiary/aromatic N) is 1. The average molecular weight is 259 g/mol. The first-order valence-corrected chi connectivity index (χ1v) is 6.78. The number of benzene rings is 1. The van der Waals surface area contributed by atoms with Gasteiger partial charge in [0.1, 0.15) is 5.82 Å². The van der Waals surface area contributed by atoms with Crippen molar-refractivity contribution in [3.05, 3.63) is 35.1 Å². The van der Waals surface area contributed by atoms with E-state index in [0.29, 0.717) is 0 Å². The molecule has 18 heavy (non-hydrogen) atoms. The number of nitrogens with one attached hydrogen (secondary N) is 2. The van der Waals surface area contributed by atoms with Crippen LogP contribution in [-0.4, -0.2) is 21.1 Å². The third-order valence-corrected chi connectivity index (χ3v) is 4.16. The number of carbonyl (C=O) groups excluding carboxylic acids is 1. The molecule has 1 atom stereocenters. The van der Waals surface area contributed by atoms with Crippen LogP contribution in [0.4, 0.5) is 0 Å². The Bertz CT molecular complexity index is 599. The second-order valence-corrected chi connectivity index (χ2v) is 5.40. The molecule has 1 aliphatic heterocycles. The third kappa shape index (κ3) is 2.01. The van der Waals surface area contributed by atoms with E-state index in [4.69, 9.17) is 0 Å². The number of imidazole rings is 1. The molecule has 2 aromatic rings. The maximum atomic E-state index is 11.6. The van der Waals surface area contributed by atoms with Crippen LogP contribution in [0.3, 0.4) is 0 Å². The third-order valence-electron chi connectivity index (χ3n) is 2.85. The smallest absolute Gasteiger partial charge is 0.238 e. The van der Waals surface area contributed by atoms with Gasteiger partial charge in [-0.25, -0.2) is 4.98 Å². The number of para-hydroxylation sites is 2. The van der Waals surface area contributed by atoms with E-state index in [1.54, 1.807) is 11.8 Å². The predicted octanol–water partition coefficient (Wildman–Crippen LogP) is 2.50. The number of aromatic amines is 1. The molecule has 3 rings (SSSR count). The predicted molar refractivity (Wildman–Crippen MR) is 73.9 cm³/mol. The van der Waals surface area contributed by atoms with Crippen LogP contribution in [0.2, 0.25) is 0 Å². The summed E-state index contributed by atoms with van der Waals surface area (Å²) in [4.78, 5) is 19.2. The highest BCUT2D eigenvalue weighted by atomic mass is 32.2. The van der Waals surface area contributed by atoms with Crippen LogP contribution in [-0.2, 0) is 4.79 Å². The number of fused-ring (bicyclic) bond motifs is 1. The number of carbonyl (C=O) groups is 1. The molecule has 2 N–H and O–H groups in total. The summed E-state index contributed by atoms with van der Waals surface area (Å²) in [6.07, 6.45) is 2.73. The lowest BCUT2D eigenvalue weighted by Gasteiger charge is -1.96. The maximum Gasteiger partial charge on any atom is 0.238 e. The fourth-order valence-corrected chi connectivity index (χ4v) is 2.92. The van der Waals surface area contributed by atoms with E-state index in [-0.39, 0.29) is 11.2 Å². The molecule has 1 unspecified atom stereocenters. The Hall–Kier alpha value is -1.75. The number of amides is 1. The minimum atomic E-state index is 0.0284. The summed E-state index contributed by atoms with van der Waals surface area (Å²) < 4.78 is 0. The molecule has 1 aromatic carbocycles. The highest BCUT2D eigenvalue weighted by Gasteiger charge is 2.27. The van der Waals surface area contributed by atoms with Gasteiger partial charge in [-0.1, -0.05) is 30.8 Å². The molecule has 0 aliphatic carbocycles. The normalized spacial score (nSPS) is 21.7. The van der Waals surface area contributed by atoms with Gasteiger partial charge in [0.25, 0.3) is 0 Å². The second kappa shape index (κ2) is 4.49. The minimum Gasteiger partial charge on any atom is -0.338 e. The quantitative estimate of drug-likeness (QED) is 0.871. The molecule has 5 heteroatoms. The topological polar surface area (TPSA) is 57.8 Å². The van der Waals surface area contributed by atoms with Gasteiger partial charge in [0, 0.05) is 6.08 Å². The van der Waals surface area contributed by atoms with Gasteiger partial charge in [-0.15, -0.1) is 0 Å². The van der Waals surface area contributed by atoms with Crippen LogP contribution < -0.4 is 5.32 Å². The highest BCUT2D eigenvalue weighted by molar-refractivity contribution is 8.05. The zero-order chi connectivity index (χ0) is 12.5. The molecule has 1 aliphatic rings. The van der Waals surface area contributed by atoms with Crippen molar-refractivity contribution < 1.29 is 4.79 Å². The summed E-state index contributed by atoms with van der Waals surface area (Å²) in [6.45, 7) is 2.02. The Labute approximate surface area is 109 Å². The van der Waals surface area contributed by atoms with Gasteiger partial charge in [-0.05, 0) is 18.6 Å². The Morgan fingerprint density at radius 3 is 3.00 bits per heavy atom. The fourth-order valence-electron chi connectivity index (χ4n) is 1.94. The van der Waals surface area contributed by atoms with Crippen molar-refractivity contribution in [2.75, 3.05) is 0 Å². The maximum absolute atomic E-state index is 11.6. The molecular formula is C13H13N3OS. The number of thioether (sulfide) groups is 1. The molecule has 1 fully saturated rings. The van der Waals surface area contributed by atoms with E-state index < -0.39 is 0 Å². The molecule has 1 amide bonds. The lowest BCUT2D eigenvalue weighted by molar-refractivity contribution is -0.119. The minimum absolute atomic E-state index is 0.0284. The van der Waals surface area contributed by atoms with Crippen LogP contribution >= 0.6 is 11.8 Å². The number of H-pyrrole nitrogens is 1. The summed E-state index contributed by atoms with van der Waals surface area (Å²) in [6, 6.07) is 7.87. The Morgan fingerprint density at radius 2 is 2.28 bits per heavy atom. The molecule has 0 saturated carbocycles. The van der Waals surface area contributed by atoms with Gasteiger partial charge in [-0.3, -0.25) is 4.79 Å². The molecule has 0 spiro atoms. The van der Waals surface area contributed by atoms with Gasteiger partial charge < -0.3 is 10.3 Å². The van der Waals surface area contributed by atoms with Crippen molar-refractivity contribution >= 4 is 34.8 Å². The first-order valence-electron chi connectivity index (χ1n) is 5.90. The molecule has 2 heterocycles. The number of hydrogen-bond donors (Lipinski definition) is 2. The monoisotopic (exact) mass is 259 g/mol. The Morgan fingerprint density at radius 1 is 1.44 bits per heavy atom. The van der Waals surface area contributed by atoms with E-state index in [1.165, 1.54) is 0 Å². The molecule has 0 bridgehead atoms. The van der Waals surface area contributed by atoms with Gasteiger partial charge in [0.05, 0.1) is 21.3 Å². The van der Waals surface area contributed by atoms with Gasteiger partial charge in [-0.2, -0.15) is 0 Å². The van der Waals surface area contributed by atoms with Crippen molar-refractivity contribution in [1.82, 2.24) is 15.3 Å². The van der Waals surface area contributed by atoms with Crippen LogP contribution in [0.25, 0.3) is 17.1 Å². The van der Waals surface area contributed by atoms with Gasteiger partial charge in [0.2, 0.25) is 5.91 Å². The van der Waals surface area contributed by atoms with Crippen LogP contribution in [0, 0.1) is 0 Å². The molecular weight excluding hydrogens is 246 g/mol. The summed E-state index contributed by atoms with van der Waals surface area (Å²) >= 11 is 1.56. The zero-order valence-corrected chi connectivity index (χ0v) is 10.8. The summed E-state index contributed by atoms with van der Waals surface area (Å²) in [5.41, 5.74) is 1.94. The summed E-state index contributed by atoms with van der Waals surface area (Å²) in [7, 11) is 0. The zero-order valence-electron chi connectivity index (χ0n) is 9.93. The van der Waals surface area contributed by atoms with Crippen LogP contribution in [0.1, 0.15) is 19.2 Å². The number of hydrogen-bond acceptors (Lipinski definition) is 3. The first-order chi connectivity index (χ1) is 8.76. The fraction of sp³-hybridized carbons (Fsp3) is 0.231. The van der Waals surface area contributed by atoms with Crippen molar-refractivity contribution in [3.8, 4) is 0 Å². The van der Waals surface area contributed by atoms with Crippen molar-refractivity contribution in [2.45, 2.75) is 18.6 Å². The van der Waals surface area contributed by atoms with Crippen molar-refractivity contribution in [3.63, 3.8) is 0 Å². The van der Waals surface area contributed by atoms with Crippen LogP contribution in [0.5, 0.6) is 0 Å². The molecule has 1 saturated heterocycles. The SMILES string of the molecule is CCC1S/C(=C/c2nc3ccccc3[nH]2)NC1=O. The van der Waals surface area contributed by atoms with Gasteiger partial charge in [0.15, 0.2) is 0 Å². The molecule has 4 nitrogen and oxygen atoms in total. The molecule has 0 radical (unpaired) electrons. The van der Waals surface area contributed by atoms with Crippen molar-refractivity contribution in [2.24, 2.45) is 0 Å². The molecule has 92 valence electrons. The number of aromatic nitrogens is 2. The average Bonchev–Trinajstić information content (AvgIpc) is 2.92. The Balaban J connectivity index is 1.90. The van der Waals surface area contributed by atoms with Crippen LogP contribution in [0.15, 0.2) is 29.3 Å². The largest absolute Gasteiger partial charge is 0.338 e. The second-order valence-electron chi connectivity index (χ2n) is 4.15. The standard InChI is InChI=1S/C13H13N3OS/c1-2-10-13(17)16-12(18-10)7-11-14-8-5-3-4-6-9(8)15-11/h3-7,10H,2H2,1H3,(H,14,15)(H,16,17)/b12-7+. The lowest BCUT2D eigenvalue weighted by atomic mass is 10.3. The van der Waals surface area contributed by atoms with E-state index >= 15 is 0 Å². The lowest BCUT2D eigenvalue weighted by Crippen LogP contribution is -2.21. The van der Waals surface area contributed by atoms with Gasteiger partial charge >= 0.3 is 0 Å². The Kier molecular flexibility index (Phi) is 2.83. The van der Waals surface area contributed by atoms with E-state index in [9.17, 15) is 4.79 Å². The highest BCUT2D eigenvalue weighted by Crippen LogP contribution is 2.30. The van der Waals surface area contributed by atoms with E-state index in [1.807, 2.05) is 37.3 Å². The van der Waals surface area contributed by atoms with Crippen molar-refractivity contribution in [1.29, 1.82) is 0 Å². The molecule has 1 aromatic heterocycles.